The summed E-state index contributed by atoms with van der Waals surface area (Å²) in [5, 5.41) is 0. The molecule has 0 spiro atoms. The maximum atomic E-state index is 12.8. The van der Waals surface area contributed by atoms with Crippen LogP contribution in [0.2, 0.25) is 0 Å². The van der Waals surface area contributed by atoms with Gasteiger partial charge in [-0.3, -0.25) is 0 Å². The molecule has 3 heteroatoms. The van der Waals surface area contributed by atoms with Gasteiger partial charge in [0.25, 0.3) is 0 Å². The number of carbonyl (C=O) groups is 1. The highest BCUT2D eigenvalue weighted by atomic mass is 19.1. The molecule has 2 nitrogen and oxygen atoms in total. The van der Waals surface area contributed by atoms with Crippen LogP contribution in [-0.2, 0) is 11.3 Å². The summed E-state index contributed by atoms with van der Waals surface area (Å²) in [5.74, 6) is -0.703. The van der Waals surface area contributed by atoms with E-state index in [-0.39, 0.29) is 12.4 Å². The normalized spacial score (nSPS) is 10.3. The van der Waals surface area contributed by atoms with Gasteiger partial charge in [-0.05, 0) is 41.0 Å². The van der Waals surface area contributed by atoms with Gasteiger partial charge in [0.05, 0.1) is 5.56 Å². The number of benzene rings is 3. The van der Waals surface area contributed by atoms with E-state index in [2.05, 4.69) is 0 Å². The van der Waals surface area contributed by atoms with Crippen molar-refractivity contribution < 1.29 is 13.9 Å². The smallest absolute Gasteiger partial charge is 0.338 e. The second kappa shape index (κ2) is 6.88. The molecule has 0 aliphatic carbocycles. The van der Waals surface area contributed by atoms with E-state index in [1.165, 1.54) is 12.1 Å². The van der Waals surface area contributed by atoms with Crippen LogP contribution >= 0.6 is 0 Å². The van der Waals surface area contributed by atoms with Crippen molar-refractivity contribution in [1.29, 1.82) is 0 Å². The second-order valence-electron chi connectivity index (χ2n) is 5.15. The standard InChI is InChI=1S/C20H15FO2/c21-19-12-6-15(7-13-19)14-23-20(22)18-10-8-17(9-11-18)16-4-2-1-3-5-16/h1-13H,14H2. The molecule has 0 amide bonds. The summed E-state index contributed by atoms with van der Waals surface area (Å²) in [5.41, 5.74) is 3.38. The van der Waals surface area contributed by atoms with Crippen LogP contribution in [-0.4, -0.2) is 5.97 Å². The molecule has 0 radical (unpaired) electrons. The van der Waals surface area contributed by atoms with Crippen molar-refractivity contribution in [2.75, 3.05) is 0 Å². The third-order valence-corrected chi connectivity index (χ3v) is 3.51. The van der Waals surface area contributed by atoms with E-state index >= 15 is 0 Å². The molecular weight excluding hydrogens is 291 g/mol. The second-order valence-corrected chi connectivity index (χ2v) is 5.15. The summed E-state index contributed by atoms with van der Waals surface area (Å²) >= 11 is 0. The van der Waals surface area contributed by atoms with Crippen LogP contribution in [0.4, 0.5) is 4.39 Å². The molecule has 3 aromatic carbocycles. The lowest BCUT2D eigenvalue weighted by Crippen LogP contribution is -2.05. The third kappa shape index (κ3) is 3.83. The third-order valence-electron chi connectivity index (χ3n) is 3.51. The van der Waals surface area contributed by atoms with Gasteiger partial charge in [-0.2, -0.15) is 0 Å². The van der Waals surface area contributed by atoms with Gasteiger partial charge in [0, 0.05) is 0 Å². The van der Waals surface area contributed by atoms with Crippen LogP contribution in [0.3, 0.4) is 0 Å². The molecule has 3 rings (SSSR count). The number of esters is 1. The highest BCUT2D eigenvalue weighted by Gasteiger charge is 2.08. The summed E-state index contributed by atoms with van der Waals surface area (Å²) in [4.78, 5) is 12.0. The van der Waals surface area contributed by atoms with Crippen LogP contribution in [0.15, 0.2) is 78.9 Å². The average Bonchev–Trinajstić information content (AvgIpc) is 2.62. The highest BCUT2D eigenvalue weighted by Crippen LogP contribution is 2.19. The molecule has 23 heavy (non-hydrogen) atoms. The van der Waals surface area contributed by atoms with Gasteiger partial charge in [-0.1, -0.05) is 54.6 Å². The topological polar surface area (TPSA) is 26.3 Å². The Balaban J connectivity index is 1.65. The Morgan fingerprint density at radius 3 is 2.04 bits per heavy atom. The van der Waals surface area contributed by atoms with Crippen LogP contribution in [0.25, 0.3) is 11.1 Å². The van der Waals surface area contributed by atoms with Crippen molar-refractivity contribution in [2.24, 2.45) is 0 Å². The zero-order valence-corrected chi connectivity index (χ0v) is 12.4. The minimum absolute atomic E-state index is 0.125. The SMILES string of the molecule is O=C(OCc1ccc(F)cc1)c1ccc(-c2ccccc2)cc1. The van der Waals surface area contributed by atoms with E-state index in [0.29, 0.717) is 5.56 Å². The Morgan fingerprint density at radius 1 is 0.783 bits per heavy atom. The van der Waals surface area contributed by atoms with Crippen LogP contribution in [0.1, 0.15) is 15.9 Å². The molecule has 0 fully saturated rings. The van der Waals surface area contributed by atoms with Gasteiger partial charge in [-0.15, -0.1) is 0 Å². The monoisotopic (exact) mass is 306 g/mol. The molecule has 0 unspecified atom stereocenters. The van der Waals surface area contributed by atoms with Crippen molar-refractivity contribution in [3.8, 4) is 11.1 Å². The fraction of sp³-hybridized carbons (Fsp3) is 0.0500. The summed E-state index contributed by atoms with van der Waals surface area (Å²) in [7, 11) is 0. The van der Waals surface area contributed by atoms with Gasteiger partial charge in [0.15, 0.2) is 0 Å². The Morgan fingerprint density at radius 2 is 1.39 bits per heavy atom. The first-order valence-electron chi connectivity index (χ1n) is 7.29. The maximum Gasteiger partial charge on any atom is 0.338 e. The summed E-state index contributed by atoms with van der Waals surface area (Å²) in [6, 6.07) is 23.1. The first kappa shape index (κ1) is 15.0. The van der Waals surface area contributed by atoms with Gasteiger partial charge in [0.2, 0.25) is 0 Å². The maximum absolute atomic E-state index is 12.8. The molecule has 0 saturated carbocycles. The Bertz CT molecular complexity index is 778. The number of halogens is 1. The van der Waals surface area contributed by atoms with E-state index in [0.717, 1.165) is 16.7 Å². The molecule has 0 bridgehead atoms. The van der Waals surface area contributed by atoms with Crippen molar-refractivity contribution in [3.63, 3.8) is 0 Å². The van der Waals surface area contributed by atoms with Crippen LogP contribution in [0, 0.1) is 5.82 Å². The Labute approximate surface area is 134 Å². The van der Waals surface area contributed by atoms with Crippen molar-refractivity contribution in [3.05, 3.63) is 95.8 Å². The van der Waals surface area contributed by atoms with Crippen LogP contribution in [0.5, 0.6) is 0 Å². The van der Waals surface area contributed by atoms with Gasteiger partial charge in [0.1, 0.15) is 12.4 Å². The van der Waals surface area contributed by atoms with E-state index in [1.807, 2.05) is 42.5 Å². The molecule has 3 aromatic rings. The summed E-state index contributed by atoms with van der Waals surface area (Å²) in [6.07, 6.45) is 0. The molecule has 0 aromatic heterocycles. The van der Waals surface area contributed by atoms with Gasteiger partial charge in [-0.25, -0.2) is 9.18 Å². The quantitative estimate of drug-likeness (QED) is 0.644. The first-order chi connectivity index (χ1) is 11.2. The molecule has 0 heterocycles. The number of rotatable bonds is 4. The number of carbonyl (C=O) groups excluding carboxylic acids is 1. The van der Waals surface area contributed by atoms with E-state index in [9.17, 15) is 9.18 Å². The predicted molar refractivity (Wildman–Crippen MR) is 87.4 cm³/mol. The molecular formula is C20H15FO2. The molecule has 0 saturated heterocycles. The lowest BCUT2D eigenvalue weighted by atomic mass is 10.0. The number of hydrogen-bond acceptors (Lipinski definition) is 2. The number of hydrogen-bond donors (Lipinski definition) is 0. The van der Waals surface area contributed by atoms with Crippen molar-refractivity contribution in [1.82, 2.24) is 0 Å². The molecule has 0 N–H and O–H groups in total. The average molecular weight is 306 g/mol. The zero-order chi connectivity index (χ0) is 16.1. The molecule has 0 aliphatic rings. The minimum Gasteiger partial charge on any atom is -0.457 e. The lowest BCUT2D eigenvalue weighted by molar-refractivity contribution is 0.0472. The fourth-order valence-corrected chi connectivity index (χ4v) is 2.24. The Hall–Kier alpha value is -2.94. The van der Waals surface area contributed by atoms with Crippen molar-refractivity contribution in [2.45, 2.75) is 6.61 Å². The fourth-order valence-electron chi connectivity index (χ4n) is 2.24. The summed E-state index contributed by atoms with van der Waals surface area (Å²) in [6.45, 7) is 0.125. The molecule has 0 atom stereocenters. The zero-order valence-electron chi connectivity index (χ0n) is 12.4. The van der Waals surface area contributed by atoms with E-state index in [1.54, 1.807) is 24.3 Å². The van der Waals surface area contributed by atoms with E-state index < -0.39 is 5.97 Å². The Kier molecular flexibility index (Phi) is 4.48. The van der Waals surface area contributed by atoms with Crippen molar-refractivity contribution >= 4 is 5.97 Å². The molecule has 114 valence electrons. The van der Waals surface area contributed by atoms with Gasteiger partial charge >= 0.3 is 5.97 Å². The predicted octanol–water partition coefficient (Wildman–Crippen LogP) is 4.85. The highest BCUT2D eigenvalue weighted by molar-refractivity contribution is 5.90. The summed E-state index contributed by atoms with van der Waals surface area (Å²) < 4.78 is 18.1. The van der Waals surface area contributed by atoms with Gasteiger partial charge < -0.3 is 4.74 Å². The largest absolute Gasteiger partial charge is 0.457 e. The van der Waals surface area contributed by atoms with Crippen LogP contribution < -0.4 is 0 Å². The number of ether oxygens (including phenoxy) is 1. The van der Waals surface area contributed by atoms with E-state index in [4.69, 9.17) is 4.74 Å². The lowest BCUT2D eigenvalue weighted by Gasteiger charge is -2.06. The minimum atomic E-state index is -0.395. The molecule has 0 aliphatic heterocycles. The first-order valence-corrected chi connectivity index (χ1v) is 7.29.